The molecule has 0 radical (unpaired) electrons. The second-order valence-corrected chi connectivity index (χ2v) is 2.84. The first-order valence-corrected chi connectivity index (χ1v) is 3.92. The highest BCUT2D eigenvalue weighted by atomic mass is 16.4. The summed E-state index contributed by atoms with van der Waals surface area (Å²) in [7, 11) is 0. The van der Waals surface area contributed by atoms with Crippen molar-refractivity contribution in [1.29, 1.82) is 0 Å². The first-order valence-electron chi connectivity index (χ1n) is 3.92. The van der Waals surface area contributed by atoms with Crippen molar-refractivity contribution >= 4 is 11.8 Å². The van der Waals surface area contributed by atoms with Gasteiger partial charge in [-0.1, -0.05) is 12.2 Å². The molecule has 0 bridgehead atoms. The average molecular weight is 181 g/mol. The van der Waals surface area contributed by atoms with E-state index in [2.05, 4.69) is 0 Å². The molecule has 70 valence electrons. The highest BCUT2D eigenvalue weighted by Gasteiger charge is 2.08. The predicted octanol–water partition coefficient (Wildman–Crippen LogP) is -1.06. The number of aliphatic hydroxyl groups is 1. The maximum atomic E-state index is 10.7. The second-order valence-electron chi connectivity index (χ2n) is 2.84. The first-order chi connectivity index (χ1) is 6.09. The average Bonchev–Trinajstić information content (AvgIpc) is 2.08. The third-order valence-electron chi connectivity index (χ3n) is 1.78. The molecule has 0 aliphatic heterocycles. The summed E-state index contributed by atoms with van der Waals surface area (Å²) in [5.41, 5.74) is 0.611. The van der Waals surface area contributed by atoms with E-state index in [-0.39, 0.29) is 0 Å². The Morgan fingerprint density at radius 2 is 2.31 bits per heavy atom. The van der Waals surface area contributed by atoms with Gasteiger partial charge in [-0.25, -0.2) is 0 Å². The standard InChI is InChI=1S/C9H10O4/c10-7-3-1-6(2-4-7)5-8(11)9(12)13/h1,3,5,7,10H,2,4H2,(H,12,13)/p-1/b6-5-/t7-/m0/s1. The van der Waals surface area contributed by atoms with Gasteiger partial charge in [-0.15, -0.1) is 0 Å². The van der Waals surface area contributed by atoms with E-state index in [1.807, 2.05) is 0 Å². The van der Waals surface area contributed by atoms with E-state index in [9.17, 15) is 14.7 Å². The molecule has 0 spiro atoms. The van der Waals surface area contributed by atoms with Crippen LogP contribution in [0, 0.1) is 0 Å². The number of carboxylic acids is 1. The minimum atomic E-state index is -1.70. The summed E-state index contributed by atoms with van der Waals surface area (Å²) in [5.74, 6) is -2.73. The molecule has 1 atom stereocenters. The molecule has 1 aliphatic carbocycles. The summed E-state index contributed by atoms with van der Waals surface area (Å²) in [5, 5.41) is 19.1. The Labute approximate surface area is 75.2 Å². The zero-order chi connectivity index (χ0) is 9.84. The number of allylic oxidation sites excluding steroid dienone is 2. The van der Waals surface area contributed by atoms with Crippen LogP contribution in [-0.4, -0.2) is 23.0 Å². The number of aliphatic hydroxyl groups excluding tert-OH is 1. The molecule has 0 aromatic rings. The van der Waals surface area contributed by atoms with Gasteiger partial charge in [0.15, 0.2) is 0 Å². The Hall–Kier alpha value is -1.42. The van der Waals surface area contributed by atoms with Crippen LogP contribution in [0.25, 0.3) is 0 Å². The maximum Gasteiger partial charge on any atom is 0.201 e. The third kappa shape index (κ3) is 2.83. The van der Waals surface area contributed by atoms with Crippen LogP contribution < -0.4 is 5.11 Å². The lowest BCUT2D eigenvalue weighted by Crippen LogP contribution is -2.30. The molecule has 0 unspecified atom stereocenters. The quantitative estimate of drug-likeness (QED) is 0.435. The summed E-state index contributed by atoms with van der Waals surface area (Å²) in [4.78, 5) is 20.7. The van der Waals surface area contributed by atoms with Gasteiger partial charge < -0.3 is 15.0 Å². The van der Waals surface area contributed by atoms with Crippen molar-refractivity contribution in [1.82, 2.24) is 0 Å². The normalized spacial score (nSPS) is 24.7. The van der Waals surface area contributed by atoms with Crippen LogP contribution >= 0.6 is 0 Å². The van der Waals surface area contributed by atoms with Crippen molar-refractivity contribution in [3.05, 3.63) is 23.8 Å². The molecular formula is C9H9O4-. The van der Waals surface area contributed by atoms with Crippen molar-refractivity contribution in [2.24, 2.45) is 0 Å². The van der Waals surface area contributed by atoms with E-state index in [4.69, 9.17) is 5.11 Å². The number of rotatable bonds is 2. The Bertz CT molecular complexity index is 288. The lowest BCUT2D eigenvalue weighted by atomic mass is 9.99. The molecule has 0 aromatic heterocycles. The van der Waals surface area contributed by atoms with Gasteiger partial charge in [0.25, 0.3) is 0 Å². The van der Waals surface area contributed by atoms with Crippen molar-refractivity contribution in [2.75, 3.05) is 0 Å². The van der Waals surface area contributed by atoms with Gasteiger partial charge in [0.05, 0.1) is 6.10 Å². The highest BCUT2D eigenvalue weighted by molar-refractivity contribution is 6.36. The van der Waals surface area contributed by atoms with E-state index in [0.717, 1.165) is 6.08 Å². The summed E-state index contributed by atoms with van der Waals surface area (Å²) < 4.78 is 0. The molecular weight excluding hydrogens is 172 g/mol. The summed E-state index contributed by atoms with van der Waals surface area (Å²) in [6, 6.07) is 0. The lowest BCUT2D eigenvalue weighted by Gasteiger charge is -2.12. The number of aliphatic carboxylic acids is 1. The number of carboxylic acid groups (broad SMARTS) is 1. The summed E-state index contributed by atoms with van der Waals surface area (Å²) in [6.45, 7) is 0. The molecule has 13 heavy (non-hydrogen) atoms. The number of carbonyl (C=O) groups excluding carboxylic acids is 2. The Morgan fingerprint density at radius 1 is 1.62 bits per heavy atom. The van der Waals surface area contributed by atoms with Crippen molar-refractivity contribution in [2.45, 2.75) is 18.9 Å². The highest BCUT2D eigenvalue weighted by Crippen LogP contribution is 2.16. The summed E-state index contributed by atoms with van der Waals surface area (Å²) in [6.07, 6.45) is 4.64. The minimum absolute atomic E-state index is 0.491. The molecule has 0 amide bonds. The molecule has 4 heteroatoms. The fourth-order valence-corrected chi connectivity index (χ4v) is 1.08. The van der Waals surface area contributed by atoms with Crippen LogP contribution in [0.2, 0.25) is 0 Å². The van der Waals surface area contributed by atoms with Crippen LogP contribution in [0.5, 0.6) is 0 Å². The van der Waals surface area contributed by atoms with Crippen molar-refractivity contribution < 1.29 is 19.8 Å². The molecule has 0 fully saturated rings. The number of hydrogen-bond donors (Lipinski definition) is 1. The Kier molecular flexibility index (Phi) is 2.97. The lowest BCUT2D eigenvalue weighted by molar-refractivity contribution is -0.299. The maximum absolute atomic E-state index is 10.7. The second kappa shape index (κ2) is 4.00. The molecule has 0 saturated heterocycles. The zero-order valence-corrected chi connectivity index (χ0v) is 6.90. The fourth-order valence-electron chi connectivity index (χ4n) is 1.08. The van der Waals surface area contributed by atoms with Gasteiger partial charge in [0.2, 0.25) is 5.78 Å². The molecule has 0 saturated carbocycles. The van der Waals surface area contributed by atoms with Crippen molar-refractivity contribution in [3.63, 3.8) is 0 Å². The molecule has 1 aliphatic rings. The van der Waals surface area contributed by atoms with E-state index < -0.39 is 17.9 Å². The Balaban J connectivity index is 2.68. The first kappa shape index (κ1) is 9.67. The zero-order valence-electron chi connectivity index (χ0n) is 6.90. The fraction of sp³-hybridized carbons (Fsp3) is 0.333. The molecule has 1 rings (SSSR count). The van der Waals surface area contributed by atoms with Gasteiger partial charge in [-0.3, -0.25) is 4.79 Å². The Morgan fingerprint density at radius 3 is 2.77 bits per heavy atom. The number of carbonyl (C=O) groups is 2. The monoisotopic (exact) mass is 181 g/mol. The van der Waals surface area contributed by atoms with Crippen LogP contribution in [-0.2, 0) is 9.59 Å². The van der Waals surface area contributed by atoms with Crippen LogP contribution in [0.15, 0.2) is 23.8 Å². The van der Waals surface area contributed by atoms with E-state index in [0.29, 0.717) is 18.4 Å². The van der Waals surface area contributed by atoms with E-state index in [1.54, 1.807) is 6.08 Å². The van der Waals surface area contributed by atoms with Crippen LogP contribution in [0.4, 0.5) is 0 Å². The van der Waals surface area contributed by atoms with Gasteiger partial charge in [-0.05, 0) is 24.5 Å². The molecule has 0 heterocycles. The van der Waals surface area contributed by atoms with Crippen molar-refractivity contribution in [3.8, 4) is 0 Å². The topological polar surface area (TPSA) is 77.4 Å². The molecule has 0 aromatic carbocycles. The smallest absolute Gasteiger partial charge is 0.201 e. The minimum Gasteiger partial charge on any atom is -0.541 e. The SMILES string of the molecule is O=C([O-])C(=O)/C=C1/C=C[C@H](O)CC1. The van der Waals surface area contributed by atoms with Crippen LogP contribution in [0.3, 0.4) is 0 Å². The van der Waals surface area contributed by atoms with Gasteiger partial charge in [0.1, 0.15) is 5.97 Å². The summed E-state index contributed by atoms with van der Waals surface area (Å²) >= 11 is 0. The largest absolute Gasteiger partial charge is 0.541 e. The van der Waals surface area contributed by atoms with Gasteiger partial charge >= 0.3 is 0 Å². The third-order valence-corrected chi connectivity index (χ3v) is 1.78. The number of ketones is 1. The van der Waals surface area contributed by atoms with Crippen LogP contribution in [0.1, 0.15) is 12.8 Å². The van der Waals surface area contributed by atoms with Gasteiger partial charge in [0, 0.05) is 0 Å². The van der Waals surface area contributed by atoms with Gasteiger partial charge in [-0.2, -0.15) is 0 Å². The predicted molar refractivity (Wildman–Crippen MR) is 42.5 cm³/mol. The van der Waals surface area contributed by atoms with E-state index in [1.165, 1.54) is 6.08 Å². The molecule has 4 nitrogen and oxygen atoms in total. The number of hydrogen-bond acceptors (Lipinski definition) is 4. The molecule has 1 N–H and O–H groups in total. The van der Waals surface area contributed by atoms with E-state index >= 15 is 0 Å².